The van der Waals surface area contributed by atoms with Crippen molar-refractivity contribution < 1.29 is 26.8 Å². The van der Waals surface area contributed by atoms with E-state index in [9.17, 15) is 26.8 Å². The summed E-state index contributed by atoms with van der Waals surface area (Å²) in [6, 6.07) is 7.51. The summed E-state index contributed by atoms with van der Waals surface area (Å²) >= 11 is 0. The average Bonchev–Trinajstić information content (AvgIpc) is 3.38. The number of rotatable bonds is 10. The van der Waals surface area contributed by atoms with Crippen LogP contribution in [0.25, 0.3) is 11.6 Å². The Kier molecular flexibility index (Phi) is 8.55. The highest BCUT2D eigenvalue weighted by atomic mass is 32.2. The molecule has 1 aromatic heterocycles. The van der Waals surface area contributed by atoms with Gasteiger partial charge in [0, 0.05) is 41.3 Å². The molecule has 0 bridgehead atoms. The minimum atomic E-state index is -4.07. The first kappa shape index (κ1) is 29.2. The molecule has 3 aromatic rings. The first-order valence-electron chi connectivity index (χ1n) is 13.0. The van der Waals surface area contributed by atoms with E-state index >= 15 is 0 Å². The molecule has 0 saturated heterocycles. The molecule has 2 amide bonds. The summed E-state index contributed by atoms with van der Waals surface area (Å²) < 4.78 is 53.9. The fourth-order valence-electron chi connectivity index (χ4n) is 4.81. The number of nitrogens with one attached hydrogen (secondary N) is 3. The topological polar surface area (TPSA) is 111 Å². The molecular weight excluding hydrogens is 538 g/mol. The van der Waals surface area contributed by atoms with Gasteiger partial charge in [-0.05, 0) is 62.8 Å². The molecule has 1 aliphatic heterocycles. The van der Waals surface area contributed by atoms with E-state index in [2.05, 4.69) is 34.4 Å². The molecule has 3 N–H and O–H groups in total. The zero-order valence-corrected chi connectivity index (χ0v) is 23.6. The molecule has 4 rings (SSSR count). The minimum absolute atomic E-state index is 0.134. The fraction of sp³-hybridized carbons (Fsp3) is 0.310. The Morgan fingerprint density at radius 2 is 1.82 bits per heavy atom. The lowest BCUT2D eigenvalue weighted by molar-refractivity contribution is -0.110. The maximum atomic E-state index is 14.2. The quantitative estimate of drug-likeness (QED) is 0.312. The molecular formula is C29H32F2N4O4S. The summed E-state index contributed by atoms with van der Waals surface area (Å²) in [7, 11) is -4.07. The maximum Gasteiger partial charge on any atom is 0.256 e. The van der Waals surface area contributed by atoms with E-state index < -0.39 is 33.1 Å². The van der Waals surface area contributed by atoms with Crippen LogP contribution in [0.2, 0.25) is 0 Å². The van der Waals surface area contributed by atoms with Crippen molar-refractivity contribution in [2.45, 2.75) is 38.3 Å². The smallest absolute Gasteiger partial charge is 0.256 e. The van der Waals surface area contributed by atoms with Gasteiger partial charge in [-0.25, -0.2) is 17.2 Å². The third kappa shape index (κ3) is 5.85. The molecule has 40 heavy (non-hydrogen) atoms. The number of sulfone groups is 1. The summed E-state index contributed by atoms with van der Waals surface area (Å²) in [5.74, 6) is -3.74. The molecule has 11 heteroatoms. The molecule has 212 valence electrons. The monoisotopic (exact) mass is 570 g/mol. The van der Waals surface area contributed by atoms with E-state index in [4.69, 9.17) is 0 Å². The summed E-state index contributed by atoms with van der Waals surface area (Å²) in [5.41, 5.74) is 3.00. The number of fused-ring (bicyclic) bond motifs is 1. The number of aryl methyl sites for hydroxylation is 1. The number of benzene rings is 2. The number of halogens is 2. The van der Waals surface area contributed by atoms with Gasteiger partial charge in [-0.2, -0.15) is 0 Å². The Labute approximate surface area is 232 Å². The van der Waals surface area contributed by atoms with Crippen LogP contribution in [0.1, 0.15) is 52.3 Å². The lowest BCUT2D eigenvalue weighted by Gasteiger charge is -2.18. The second-order valence-electron chi connectivity index (χ2n) is 9.64. The Morgan fingerprint density at radius 1 is 1.10 bits per heavy atom. The van der Waals surface area contributed by atoms with E-state index in [-0.39, 0.29) is 21.9 Å². The number of carbonyl (C=O) groups is 2. The van der Waals surface area contributed by atoms with Crippen LogP contribution < -0.4 is 10.6 Å². The summed E-state index contributed by atoms with van der Waals surface area (Å²) in [5, 5.41) is 5.66. The molecule has 2 heterocycles. The van der Waals surface area contributed by atoms with Gasteiger partial charge in [0.25, 0.3) is 11.8 Å². The van der Waals surface area contributed by atoms with Gasteiger partial charge in [-0.15, -0.1) is 0 Å². The number of likely N-dealkylation sites (N-methyl/N-ethyl adjacent to an activating group) is 1. The normalized spacial score (nSPS) is 14.1. The van der Waals surface area contributed by atoms with Crippen molar-refractivity contribution in [1.82, 2.24) is 15.2 Å². The molecule has 0 aliphatic carbocycles. The molecule has 0 unspecified atom stereocenters. The van der Waals surface area contributed by atoms with Crippen LogP contribution in [0.15, 0.2) is 41.3 Å². The van der Waals surface area contributed by atoms with Crippen LogP contribution >= 0.6 is 0 Å². The van der Waals surface area contributed by atoms with Gasteiger partial charge >= 0.3 is 0 Å². The predicted octanol–water partition coefficient (Wildman–Crippen LogP) is 4.45. The summed E-state index contributed by atoms with van der Waals surface area (Å²) in [6.45, 7) is 10.7. The molecule has 0 radical (unpaired) electrons. The van der Waals surface area contributed by atoms with Gasteiger partial charge in [-0.3, -0.25) is 9.59 Å². The average molecular weight is 571 g/mol. The third-order valence-corrected chi connectivity index (χ3v) is 8.77. The second kappa shape index (κ2) is 11.7. The van der Waals surface area contributed by atoms with Crippen LogP contribution in [0, 0.1) is 25.5 Å². The van der Waals surface area contributed by atoms with Crippen LogP contribution in [0.5, 0.6) is 0 Å². The standard InChI is InChI=1S/C29H32F2N4O4S/c1-5-35(6-2)13-12-32-29(37)26-17(3)25(33-18(26)4)15-22-21-14-20(10-11-24(21)34-28(22)36)40(38,39)16-19-8-7-9-23(30)27(19)31/h7-11,14-15,33H,5-6,12-13,16H2,1-4H3,(H,32,37)(H,34,36). The number of anilines is 1. The molecule has 0 atom stereocenters. The largest absolute Gasteiger partial charge is 0.358 e. The number of aromatic amines is 1. The zero-order valence-electron chi connectivity index (χ0n) is 22.8. The van der Waals surface area contributed by atoms with Crippen molar-refractivity contribution in [2.75, 3.05) is 31.5 Å². The van der Waals surface area contributed by atoms with Crippen LogP contribution in [-0.2, 0) is 20.4 Å². The maximum absolute atomic E-state index is 14.2. The van der Waals surface area contributed by atoms with Gasteiger partial charge in [0.15, 0.2) is 21.5 Å². The van der Waals surface area contributed by atoms with Crippen molar-refractivity contribution in [3.63, 3.8) is 0 Å². The number of hydrogen-bond acceptors (Lipinski definition) is 5. The zero-order chi connectivity index (χ0) is 29.2. The number of H-pyrrole nitrogens is 1. The SMILES string of the molecule is CCN(CC)CCNC(=O)c1c(C)[nH]c(C=C2C(=O)Nc3ccc(S(=O)(=O)Cc4cccc(F)c4F)cc32)c1C. The number of aromatic nitrogens is 1. The van der Waals surface area contributed by atoms with Crippen molar-refractivity contribution >= 4 is 39.0 Å². The van der Waals surface area contributed by atoms with Crippen molar-refractivity contribution in [2.24, 2.45) is 0 Å². The Balaban J connectivity index is 1.62. The number of nitrogens with zero attached hydrogens (tertiary/aromatic N) is 1. The molecule has 2 aromatic carbocycles. The minimum Gasteiger partial charge on any atom is -0.358 e. The first-order valence-corrected chi connectivity index (χ1v) is 14.6. The fourth-order valence-corrected chi connectivity index (χ4v) is 6.18. The highest BCUT2D eigenvalue weighted by Crippen LogP contribution is 2.36. The van der Waals surface area contributed by atoms with Gasteiger partial charge in [0.2, 0.25) is 0 Å². The Morgan fingerprint density at radius 3 is 2.52 bits per heavy atom. The van der Waals surface area contributed by atoms with Crippen LogP contribution in [0.3, 0.4) is 0 Å². The highest BCUT2D eigenvalue weighted by molar-refractivity contribution is 7.90. The number of carbonyl (C=O) groups excluding carboxylic acids is 2. The predicted molar refractivity (Wildman–Crippen MR) is 151 cm³/mol. The van der Waals surface area contributed by atoms with E-state index in [1.54, 1.807) is 19.9 Å². The molecule has 8 nitrogen and oxygen atoms in total. The molecule has 1 aliphatic rings. The lowest BCUT2D eigenvalue weighted by Crippen LogP contribution is -2.35. The molecule has 0 spiro atoms. The highest BCUT2D eigenvalue weighted by Gasteiger charge is 2.28. The second-order valence-corrected chi connectivity index (χ2v) is 11.6. The number of hydrogen-bond donors (Lipinski definition) is 3. The van der Waals surface area contributed by atoms with Gasteiger partial charge in [0.1, 0.15) is 0 Å². The van der Waals surface area contributed by atoms with E-state index in [1.165, 1.54) is 30.3 Å². The molecule has 0 saturated carbocycles. The summed E-state index contributed by atoms with van der Waals surface area (Å²) in [4.78, 5) is 31.0. The van der Waals surface area contributed by atoms with Crippen molar-refractivity contribution in [3.05, 3.63) is 81.7 Å². The van der Waals surface area contributed by atoms with E-state index in [0.29, 0.717) is 40.3 Å². The Bertz CT molecular complexity index is 1610. The van der Waals surface area contributed by atoms with Gasteiger partial charge < -0.3 is 20.5 Å². The third-order valence-electron chi connectivity index (χ3n) is 7.11. The van der Waals surface area contributed by atoms with Crippen LogP contribution in [-0.4, -0.2) is 56.3 Å². The van der Waals surface area contributed by atoms with E-state index in [0.717, 1.165) is 25.7 Å². The van der Waals surface area contributed by atoms with Crippen LogP contribution in [0.4, 0.5) is 14.5 Å². The van der Waals surface area contributed by atoms with Gasteiger partial charge in [-0.1, -0.05) is 26.0 Å². The Hall–Kier alpha value is -3.83. The lowest BCUT2D eigenvalue weighted by atomic mass is 10.0. The molecule has 0 fully saturated rings. The van der Waals surface area contributed by atoms with Crippen molar-refractivity contribution in [1.29, 1.82) is 0 Å². The van der Waals surface area contributed by atoms with Gasteiger partial charge in [0.05, 0.1) is 21.8 Å². The van der Waals surface area contributed by atoms with E-state index in [1.807, 2.05) is 0 Å². The summed E-state index contributed by atoms with van der Waals surface area (Å²) in [6.07, 6.45) is 1.58. The first-order chi connectivity index (χ1) is 19.0. The number of amides is 2. The van der Waals surface area contributed by atoms with Crippen molar-refractivity contribution in [3.8, 4) is 0 Å².